The van der Waals surface area contributed by atoms with Gasteiger partial charge < -0.3 is 10.2 Å². The Morgan fingerprint density at radius 1 is 1.40 bits per heavy atom. The Morgan fingerprint density at radius 3 is 3.10 bits per heavy atom. The van der Waals surface area contributed by atoms with Gasteiger partial charge in [-0.05, 0) is 31.5 Å². The number of aromatic nitrogens is 2. The van der Waals surface area contributed by atoms with Gasteiger partial charge in [-0.1, -0.05) is 0 Å². The molecule has 20 heavy (non-hydrogen) atoms. The third-order valence-corrected chi connectivity index (χ3v) is 3.57. The van der Waals surface area contributed by atoms with Gasteiger partial charge in [0.05, 0.1) is 5.52 Å². The molecule has 2 aromatic rings. The zero-order valence-corrected chi connectivity index (χ0v) is 11.1. The number of hydrogen-bond donors (Lipinski definition) is 1. The lowest BCUT2D eigenvalue weighted by atomic mass is 10.2. The normalized spacial score (nSPS) is 19.8. The molecule has 1 aliphatic rings. The third kappa shape index (κ3) is 2.17. The average molecular weight is 274 g/mol. The molecule has 1 atom stereocenters. The van der Waals surface area contributed by atoms with Crippen molar-refractivity contribution in [2.45, 2.75) is 19.4 Å². The summed E-state index contributed by atoms with van der Waals surface area (Å²) < 4.78 is 13.5. The Balaban J connectivity index is 2.12. The Labute approximate surface area is 115 Å². The van der Waals surface area contributed by atoms with Crippen molar-refractivity contribution in [3.05, 3.63) is 30.3 Å². The summed E-state index contributed by atoms with van der Waals surface area (Å²) in [6.45, 7) is 3.17. The number of halogens is 1. The summed E-state index contributed by atoms with van der Waals surface area (Å²) in [6.07, 6.45) is 2.28. The first-order valence-electron chi connectivity index (χ1n) is 6.61. The van der Waals surface area contributed by atoms with Crippen LogP contribution in [0.4, 0.5) is 10.2 Å². The molecule has 3 rings (SSSR count). The molecule has 0 saturated carbocycles. The van der Waals surface area contributed by atoms with Crippen molar-refractivity contribution >= 4 is 22.6 Å². The van der Waals surface area contributed by atoms with E-state index < -0.39 is 0 Å². The van der Waals surface area contributed by atoms with E-state index in [0.717, 1.165) is 6.42 Å². The highest BCUT2D eigenvalue weighted by molar-refractivity contribution is 5.92. The van der Waals surface area contributed by atoms with Crippen LogP contribution in [0.25, 0.3) is 10.9 Å². The van der Waals surface area contributed by atoms with Crippen LogP contribution in [-0.4, -0.2) is 35.0 Å². The van der Waals surface area contributed by atoms with E-state index in [2.05, 4.69) is 15.3 Å². The maximum absolute atomic E-state index is 13.5. The molecule has 5 nitrogen and oxygen atoms in total. The highest BCUT2D eigenvalue weighted by atomic mass is 19.1. The van der Waals surface area contributed by atoms with Gasteiger partial charge in [0.25, 0.3) is 0 Å². The molecule has 0 spiro atoms. The Kier molecular flexibility index (Phi) is 3.22. The molecule has 0 unspecified atom stereocenters. The Hall–Kier alpha value is -2.24. The maximum atomic E-state index is 13.5. The summed E-state index contributed by atoms with van der Waals surface area (Å²) in [5, 5.41) is 3.49. The van der Waals surface area contributed by atoms with Crippen LogP contribution in [0.3, 0.4) is 0 Å². The molecule has 1 amide bonds. The van der Waals surface area contributed by atoms with Crippen LogP contribution >= 0.6 is 0 Å². The molecule has 1 aromatic carbocycles. The Bertz CT molecular complexity index is 661. The van der Waals surface area contributed by atoms with Crippen molar-refractivity contribution in [2.75, 3.05) is 18.0 Å². The predicted octanol–water partition coefficient (Wildman–Crippen LogP) is 1.48. The summed E-state index contributed by atoms with van der Waals surface area (Å²) in [4.78, 5) is 22.2. The van der Waals surface area contributed by atoms with Gasteiger partial charge in [0.2, 0.25) is 5.91 Å². The van der Waals surface area contributed by atoms with Crippen molar-refractivity contribution in [3.8, 4) is 0 Å². The lowest BCUT2D eigenvalue weighted by Crippen LogP contribution is -2.42. The number of nitrogens with zero attached hydrogens (tertiary/aromatic N) is 3. The molecule has 0 radical (unpaired) electrons. The molecule has 6 heteroatoms. The second-order valence-corrected chi connectivity index (χ2v) is 4.87. The van der Waals surface area contributed by atoms with E-state index in [-0.39, 0.29) is 17.8 Å². The Morgan fingerprint density at radius 2 is 2.25 bits per heavy atom. The number of anilines is 1. The number of amides is 1. The van der Waals surface area contributed by atoms with Gasteiger partial charge in [0.15, 0.2) is 0 Å². The van der Waals surface area contributed by atoms with Crippen molar-refractivity contribution in [1.29, 1.82) is 0 Å². The molecule has 104 valence electrons. The fraction of sp³-hybridized carbons (Fsp3) is 0.357. The lowest BCUT2D eigenvalue weighted by molar-refractivity contribution is -0.121. The summed E-state index contributed by atoms with van der Waals surface area (Å²) in [5.41, 5.74) is 0.674. The van der Waals surface area contributed by atoms with Crippen LogP contribution in [-0.2, 0) is 4.79 Å². The number of fused-ring (bicyclic) bond motifs is 1. The van der Waals surface area contributed by atoms with E-state index in [0.29, 0.717) is 29.8 Å². The first-order valence-corrected chi connectivity index (χ1v) is 6.61. The molecule has 1 aromatic heterocycles. The van der Waals surface area contributed by atoms with Gasteiger partial charge in [0, 0.05) is 18.5 Å². The fourth-order valence-corrected chi connectivity index (χ4v) is 2.48. The highest BCUT2D eigenvalue weighted by Crippen LogP contribution is 2.26. The predicted molar refractivity (Wildman–Crippen MR) is 73.9 cm³/mol. The number of hydrogen-bond acceptors (Lipinski definition) is 4. The zero-order chi connectivity index (χ0) is 14.1. The van der Waals surface area contributed by atoms with E-state index in [1.165, 1.54) is 18.5 Å². The highest BCUT2D eigenvalue weighted by Gasteiger charge is 2.26. The van der Waals surface area contributed by atoms with Gasteiger partial charge in [-0.15, -0.1) is 0 Å². The number of carbonyl (C=O) groups is 1. The summed E-state index contributed by atoms with van der Waals surface area (Å²) in [7, 11) is 0. The third-order valence-electron chi connectivity index (χ3n) is 3.57. The van der Waals surface area contributed by atoms with E-state index >= 15 is 0 Å². The fourth-order valence-electron chi connectivity index (χ4n) is 2.48. The van der Waals surface area contributed by atoms with E-state index in [4.69, 9.17) is 0 Å². The van der Waals surface area contributed by atoms with Crippen molar-refractivity contribution in [1.82, 2.24) is 15.3 Å². The smallest absolute Gasteiger partial charge is 0.242 e. The van der Waals surface area contributed by atoms with Crippen molar-refractivity contribution in [3.63, 3.8) is 0 Å². The van der Waals surface area contributed by atoms with Gasteiger partial charge >= 0.3 is 0 Å². The molecule has 0 bridgehead atoms. The van der Waals surface area contributed by atoms with Crippen molar-refractivity contribution < 1.29 is 9.18 Å². The molecule has 1 aliphatic heterocycles. The van der Waals surface area contributed by atoms with Crippen molar-refractivity contribution in [2.24, 2.45) is 0 Å². The number of benzene rings is 1. The molecule has 1 N–H and O–H groups in total. The van der Waals surface area contributed by atoms with Crippen LogP contribution in [0, 0.1) is 5.82 Å². The minimum Gasteiger partial charge on any atom is -0.354 e. The van der Waals surface area contributed by atoms with E-state index in [1.807, 2.05) is 11.8 Å². The summed E-state index contributed by atoms with van der Waals surface area (Å²) in [5.74, 6) is 0.241. The first kappa shape index (κ1) is 12.8. The van der Waals surface area contributed by atoms with Gasteiger partial charge in [0.1, 0.15) is 24.0 Å². The summed E-state index contributed by atoms with van der Waals surface area (Å²) in [6, 6.07) is 4.08. The van der Waals surface area contributed by atoms with Crippen LogP contribution in [0.2, 0.25) is 0 Å². The molecule has 1 saturated heterocycles. The van der Waals surface area contributed by atoms with Gasteiger partial charge in [-0.2, -0.15) is 0 Å². The quantitative estimate of drug-likeness (QED) is 0.856. The molecular weight excluding hydrogens is 259 g/mol. The monoisotopic (exact) mass is 274 g/mol. The molecule has 0 aliphatic carbocycles. The lowest BCUT2D eigenvalue weighted by Gasteiger charge is -2.27. The van der Waals surface area contributed by atoms with Crippen LogP contribution in [0.5, 0.6) is 0 Å². The first-order chi connectivity index (χ1) is 9.66. The minimum absolute atomic E-state index is 0.0364. The standard InChI is InChI=1S/C14H15FN4O/c1-9-14(20)16-5-2-6-19(9)13-11-7-10(15)3-4-12(11)17-8-18-13/h3-4,7-9H,2,5-6H2,1H3,(H,16,20)/t9-/m0/s1. The number of rotatable bonds is 1. The van der Waals surface area contributed by atoms with Gasteiger partial charge in [-0.25, -0.2) is 14.4 Å². The maximum Gasteiger partial charge on any atom is 0.242 e. The minimum atomic E-state index is -0.334. The summed E-state index contributed by atoms with van der Waals surface area (Å²) >= 11 is 0. The average Bonchev–Trinajstić information content (AvgIpc) is 2.61. The van der Waals surface area contributed by atoms with Gasteiger partial charge in [-0.3, -0.25) is 4.79 Å². The molecular formula is C14H15FN4O. The number of carbonyl (C=O) groups excluding carboxylic acids is 1. The topological polar surface area (TPSA) is 58.1 Å². The van der Waals surface area contributed by atoms with Crippen LogP contribution in [0.15, 0.2) is 24.5 Å². The largest absolute Gasteiger partial charge is 0.354 e. The van der Waals surface area contributed by atoms with Crippen LogP contribution in [0.1, 0.15) is 13.3 Å². The molecule has 1 fully saturated rings. The van der Waals surface area contributed by atoms with E-state index in [9.17, 15) is 9.18 Å². The second-order valence-electron chi connectivity index (χ2n) is 4.87. The second kappa shape index (κ2) is 5.03. The van der Waals surface area contributed by atoms with Crippen LogP contribution < -0.4 is 10.2 Å². The molecule has 2 heterocycles. The number of nitrogens with one attached hydrogen (secondary N) is 1. The van der Waals surface area contributed by atoms with E-state index in [1.54, 1.807) is 6.07 Å². The zero-order valence-electron chi connectivity index (χ0n) is 11.1. The SMILES string of the molecule is C[C@H]1C(=O)NCCCN1c1ncnc2ccc(F)cc12.